The minimum absolute atomic E-state index is 0.00977. The monoisotopic (exact) mass is 524 g/mol. The van der Waals surface area contributed by atoms with Crippen molar-refractivity contribution in [3.8, 4) is 11.5 Å². The number of hydrogen-bond donors (Lipinski definition) is 3. The first kappa shape index (κ1) is 21.9. The van der Waals surface area contributed by atoms with E-state index in [0.29, 0.717) is 33.7 Å². The Morgan fingerprint density at radius 1 is 1.06 bits per heavy atom. The van der Waals surface area contributed by atoms with Gasteiger partial charge in [-0.1, -0.05) is 41.9 Å². The van der Waals surface area contributed by atoms with Crippen LogP contribution in [0.25, 0.3) is 0 Å². The molecule has 3 N–H and O–H groups in total. The molecule has 33 heavy (non-hydrogen) atoms. The second-order valence-corrected chi connectivity index (χ2v) is 9.51. The van der Waals surface area contributed by atoms with Crippen molar-refractivity contribution < 1.29 is 14.6 Å². The van der Waals surface area contributed by atoms with Crippen molar-refractivity contribution >= 4 is 44.7 Å². The van der Waals surface area contributed by atoms with Crippen LogP contribution in [0.4, 0.5) is 11.4 Å². The number of carbonyl (C=O) groups excluding carboxylic acids is 1. The Bertz CT molecular complexity index is 1290. The predicted octanol–water partition coefficient (Wildman–Crippen LogP) is 6.80. The Hall–Kier alpha value is -2.96. The van der Waals surface area contributed by atoms with Gasteiger partial charge in [0.2, 0.25) is 0 Å². The second kappa shape index (κ2) is 8.76. The number of carbonyl (C=O) groups is 1. The van der Waals surface area contributed by atoms with Gasteiger partial charge < -0.3 is 20.5 Å². The molecule has 0 aromatic heterocycles. The first-order chi connectivity index (χ1) is 16.0. The van der Waals surface area contributed by atoms with Crippen LogP contribution in [-0.2, 0) is 4.79 Å². The van der Waals surface area contributed by atoms with Crippen molar-refractivity contribution in [2.75, 3.05) is 17.7 Å². The summed E-state index contributed by atoms with van der Waals surface area (Å²) < 4.78 is 5.87. The zero-order chi connectivity index (χ0) is 23.1. The third-order valence-corrected chi connectivity index (χ3v) is 7.21. The molecule has 2 aliphatic rings. The molecule has 1 aliphatic heterocycles. The number of anilines is 2. The van der Waals surface area contributed by atoms with Crippen LogP contribution in [0.15, 0.2) is 76.4 Å². The molecule has 1 heterocycles. The first-order valence-electron chi connectivity index (χ1n) is 10.7. The molecule has 5 nitrogen and oxygen atoms in total. The summed E-state index contributed by atoms with van der Waals surface area (Å²) in [4.78, 5) is 13.6. The van der Waals surface area contributed by atoms with E-state index in [1.165, 1.54) is 7.11 Å². The van der Waals surface area contributed by atoms with Crippen LogP contribution in [-0.4, -0.2) is 18.0 Å². The molecule has 0 fully saturated rings. The van der Waals surface area contributed by atoms with Gasteiger partial charge in [-0.3, -0.25) is 4.79 Å². The van der Waals surface area contributed by atoms with Crippen molar-refractivity contribution in [1.82, 2.24) is 0 Å². The lowest BCUT2D eigenvalue weighted by Crippen LogP contribution is -2.27. The number of ketones is 1. The molecular weight excluding hydrogens is 504 g/mol. The van der Waals surface area contributed by atoms with Crippen LogP contribution in [0.1, 0.15) is 35.9 Å². The number of rotatable bonds is 3. The molecule has 0 unspecified atom stereocenters. The highest BCUT2D eigenvalue weighted by atomic mass is 79.9. The molecule has 0 amide bonds. The maximum absolute atomic E-state index is 13.6. The summed E-state index contributed by atoms with van der Waals surface area (Å²) in [6.45, 7) is 0. The second-order valence-electron chi connectivity index (χ2n) is 8.24. The lowest BCUT2D eigenvalue weighted by molar-refractivity contribution is -0.116. The van der Waals surface area contributed by atoms with Gasteiger partial charge >= 0.3 is 0 Å². The highest BCUT2D eigenvalue weighted by molar-refractivity contribution is 9.10. The van der Waals surface area contributed by atoms with Gasteiger partial charge in [-0.05, 0) is 69.7 Å². The Morgan fingerprint density at radius 3 is 2.55 bits per heavy atom. The molecule has 0 saturated carbocycles. The number of ether oxygens (including phenoxy) is 1. The van der Waals surface area contributed by atoms with Gasteiger partial charge in [-0.15, -0.1) is 0 Å². The van der Waals surface area contributed by atoms with Gasteiger partial charge in [-0.25, -0.2) is 0 Å². The van der Waals surface area contributed by atoms with E-state index < -0.39 is 6.04 Å². The van der Waals surface area contributed by atoms with E-state index in [1.807, 2.05) is 54.6 Å². The number of phenolic OH excluding ortho intramolecular Hbond substituents is 1. The van der Waals surface area contributed by atoms with Gasteiger partial charge in [-0.2, -0.15) is 0 Å². The summed E-state index contributed by atoms with van der Waals surface area (Å²) in [6.07, 6.45) is 1.03. The van der Waals surface area contributed by atoms with Crippen molar-refractivity contribution in [1.29, 1.82) is 0 Å². The molecule has 0 radical (unpaired) electrons. The standard InChI is InChI=1S/C26H22BrClN2O3/c1-33-23-13-15(10-17(27)26(23)32)25-24-21(29-19-8-4-5-9-20(19)30-25)11-14(12-22(24)31)16-6-2-3-7-18(16)28/h2-10,13-14,25,29-30,32H,11-12H2,1H3/t14-,25+/m0/s1. The highest BCUT2D eigenvalue weighted by Gasteiger charge is 2.37. The molecule has 3 aromatic rings. The van der Waals surface area contributed by atoms with E-state index in [4.69, 9.17) is 16.3 Å². The van der Waals surface area contributed by atoms with Gasteiger partial charge in [0, 0.05) is 22.7 Å². The summed E-state index contributed by atoms with van der Waals surface area (Å²) in [5.41, 5.74) is 5.16. The predicted molar refractivity (Wildman–Crippen MR) is 134 cm³/mol. The minimum Gasteiger partial charge on any atom is -0.503 e. The van der Waals surface area contributed by atoms with Gasteiger partial charge in [0.15, 0.2) is 17.3 Å². The maximum Gasteiger partial charge on any atom is 0.172 e. The van der Waals surface area contributed by atoms with Crippen molar-refractivity contribution in [3.05, 3.63) is 92.6 Å². The number of benzene rings is 3. The smallest absolute Gasteiger partial charge is 0.172 e. The van der Waals surface area contributed by atoms with E-state index >= 15 is 0 Å². The Kier molecular flexibility index (Phi) is 5.81. The largest absolute Gasteiger partial charge is 0.503 e. The van der Waals surface area contributed by atoms with Crippen LogP contribution < -0.4 is 15.4 Å². The third kappa shape index (κ3) is 3.98. The Morgan fingerprint density at radius 2 is 1.79 bits per heavy atom. The van der Waals surface area contributed by atoms with E-state index in [2.05, 4.69) is 26.6 Å². The van der Waals surface area contributed by atoms with Gasteiger partial charge in [0.1, 0.15) is 0 Å². The van der Waals surface area contributed by atoms with E-state index in [9.17, 15) is 9.90 Å². The van der Waals surface area contributed by atoms with Crippen molar-refractivity contribution in [2.24, 2.45) is 0 Å². The SMILES string of the molecule is COc1cc([C@H]2Nc3ccccc3NC3=C2C(=O)C[C@@H](c2ccccc2Cl)C3)cc(Br)c1O. The molecule has 3 aromatic carbocycles. The number of Topliss-reactive ketones (excluding diaryl/α,β-unsaturated/α-hetero) is 1. The number of hydrogen-bond acceptors (Lipinski definition) is 5. The normalized spacial score (nSPS) is 19.7. The van der Waals surface area contributed by atoms with Crippen LogP contribution in [0.3, 0.4) is 0 Å². The first-order valence-corrected chi connectivity index (χ1v) is 11.8. The van der Waals surface area contributed by atoms with Crippen molar-refractivity contribution in [3.63, 3.8) is 0 Å². The summed E-state index contributed by atoms with van der Waals surface area (Å²) in [5, 5.41) is 18.1. The fourth-order valence-corrected chi connectivity index (χ4v) is 5.43. The molecule has 7 heteroatoms. The molecule has 0 spiro atoms. The molecule has 0 bridgehead atoms. The Balaban J connectivity index is 1.65. The molecule has 0 saturated heterocycles. The highest BCUT2D eigenvalue weighted by Crippen LogP contribution is 2.47. The lowest BCUT2D eigenvalue weighted by atomic mass is 9.78. The van der Waals surface area contributed by atoms with Crippen LogP contribution in [0.5, 0.6) is 11.5 Å². The van der Waals surface area contributed by atoms with Crippen LogP contribution in [0.2, 0.25) is 5.02 Å². The van der Waals surface area contributed by atoms with Crippen LogP contribution in [0, 0.1) is 0 Å². The summed E-state index contributed by atoms with van der Waals surface area (Å²) in [6, 6.07) is 18.8. The Labute approximate surface area is 205 Å². The maximum atomic E-state index is 13.6. The fourth-order valence-electron chi connectivity index (χ4n) is 4.68. The average molecular weight is 526 g/mol. The molecule has 1 aliphatic carbocycles. The number of halogens is 2. The zero-order valence-electron chi connectivity index (χ0n) is 17.9. The quantitative estimate of drug-likeness (QED) is 0.351. The molecule has 168 valence electrons. The van der Waals surface area contributed by atoms with Gasteiger partial charge in [0.25, 0.3) is 0 Å². The number of aromatic hydroxyl groups is 1. The number of allylic oxidation sites excluding steroid dienone is 1. The van der Waals surface area contributed by atoms with E-state index in [1.54, 1.807) is 6.07 Å². The zero-order valence-corrected chi connectivity index (χ0v) is 20.2. The minimum atomic E-state index is -0.415. The number of para-hydroxylation sites is 2. The van der Waals surface area contributed by atoms with Crippen LogP contribution >= 0.6 is 27.5 Å². The third-order valence-electron chi connectivity index (χ3n) is 6.26. The summed E-state index contributed by atoms with van der Waals surface area (Å²) >= 11 is 9.90. The fraction of sp³-hybridized carbons (Fsp3) is 0.192. The number of methoxy groups -OCH3 is 1. The number of nitrogens with one attached hydrogen (secondary N) is 2. The molecule has 2 atom stereocenters. The van der Waals surface area contributed by atoms with Crippen molar-refractivity contribution in [2.45, 2.75) is 24.8 Å². The van der Waals surface area contributed by atoms with E-state index in [-0.39, 0.29) is 17.5 Å². The number of fused-ring (bicyclic) bond motifs is 1. The average Bonchev–Trinajstić information content (AvgIpc) is 2.98. The number of phenols is 1. The topological polar surface area (TPSA) is 70.6 Å². The summed E-state index contributed by atoms with van der Waals surface area (Å²) in [7, 11) is 1.51. The van der Waals surface area contributed by atoms with Gasteiger partial charge in [0.05, 0.1) is 29.0 Å². The van der Waals surface area contributed by atoms with E-state index in [0.717, 1.165) is 28.2 Å². The molecule has 5 rings (SSSR count). The molecular formula is C26H22BrClN2O3. The summed E-state index contributed by atoms with van der Waals surface area (Å²) in [5.74, 6) is 0.411. The lowest BCUT2D eigenvalue weighted by Gasteiger charge is -2.30.